The zero-order valence-corrected chi connectivity index (χ0v) is 12.5. The van der Waals surface area contributed by atoms with Crippen LogP contribution in [0.25, 0.3) is 0 Å². The molecule has 1 saturated carbocycles. The Balaban J connectivity index is 1.87. The molecule has 5 nitrogen and oxygen atoms in total. The van der Waals surface area contributed by atoms with Crippen LogP contribution in [-0.2, 0) is 9.59 Å². The maximum atomic E-state index is 11.8. The molecule has 1 atom stereocenters. The number of rotatable bonds is 5. The van der Waals surface area contributed by atoms with Gasteiger partial charge in [0.25, 0.3) is 0 Å². The Morgan fingerprint density at radius 3 is 2.25 bits per heavy atom. The molecule has 0 spiro atoms. The monoisotopic (exact) mass is 281 g/mol. The summed E-state index contributed by atoms with van der Waals surface area (Å²) < 4.78 is 0. The second-order valence-electron chi connectivity index (χ2n) is 6.07. The Morgan fingerprint density at radius 2 is 1.75 bits per heavy atom. The first-order valence-corrected chi connectivity index (χ1v) is 7.93. The van der Waals surface area contributed by atoms with E-state index in [0.29, 0.717) is 12.3 Å². The molecule has 2 aliphatic rings. The lowest BCUT2D eigenvalue weighted by Gasteiger charge is -2.38. The Hall–Kier alpha value is -1.10. The molecule has 0 radical (unpaired) electrons. The molecular weight excluding hydrogens is 254 g/mol. The summed E-state index contributed by atoms with van der Waals surface area (Å²) in [7, 11) is 0. The van der Waals surface area contributed by atoms with Crippen molar-refractivity contribution in [1.29, 1.82) is 0 Å². The van der Waals surface area contributed by atoms with Crippen molar-refractivity contribution in [2.45, 2.75) is 51.5 Å². The van der Waals surface area contributed by atoms with E-state index in [1.165, 1.54) is 25.7 Å². The Morgan fingerprint density at radius 1 is 1.15 bits per heavy atom. The second-order valence-corrected chi connectivity index (χ2v) is 6.07. The molecule has 2 amide bonds. The van der Waals surface area contributed by atoms with Gasteiger partial charge < -0.3 is 10.6 Å². The van der Waals surface area contributed by atoms with Crippen LogP contribution in [0.3, 0.4) is 0 Å². The predicted molar refractivity (Wildman–Crippen MR) is 78.0 cm³/mol. The summed E-state index contributed by atoms with van der Waals surface area (Å²) in [5, 5.41) is 0. The minimum Gasteiger partial charge on any atom is -0.368 e. The third kappa shape index (κ3) is 3.72. The van der Waals surface area contributed by atoms with Crippen LogP contribution in [0.15, 0.2) is 0 Å². The number of hydrogen-bond donors (Lipinski definition) is 1. The third-order valence-corrected chi connectivity index (χ3v) is 4.77. The summed E-state index contributed by atoms with van der Waals surface area (Å²) in [6.07, 6.45) is 6.50. The van der Waals surface area contributed by atoms with Crippen molar-refractivity contribution in [1.82, 2.24) is 9.80 Å². The summed E-state index contributed by atoms with van der Waals surface area (Å²) in [6.45, 7) is 4.88. The number of carbonyl (C=O) groups excluding carboxylic acids is 2. The highest BCUT2D eigenvalue weighted by atomic mass is 16.2. The molecule has 1 aliphatic heterocycles. The van der Waals surface area contributed by atoms with Gasteiger partial charge in [0.05, 0.1) is 6.04 Å². The molecule has 20 heavy (non-hydrogen) atoms. The quantitative estimate of drug-likeness (QED) is 0.816. The van der Waals surface area contributed by atoms with Crippen molar-refractivity contribution in [3.63, 3.8) is 0 Å². The predicted octanol–water partition coefficient (Wildman–Crippen LogP) is 0.975. The SMILES string of the molecule is CCC(=O)N1CCN(C(CC2CCCC2)C(N)=O)CC1. The van der Waals surface area contributed by atoms with Gasteiger partial charge in [-0.15, -0.1) is 0 Å². The fourth-order valence-electron chi connectivity index (χ4n) is 3.51. The van der Waals surface area contributed by atoms with Gasteiger partial charge in [0, 0.05) is 32.6 Å². The molecule has 1 saturated heterocycles. The maximum absolute atomic E-state index is 11.8. The highest BCUT2D eigenvalue weighted by Gasteiger charge is 2.31. The molecule has 114 valence electrons. The van der Waals surface area contributed by atoms with Gasteiger partial charge in [0.15, 0.2) is 0 Å². The van der Waals surface area contributed by atoms with E-state index in [2.05, 4.69) is 4.90 Å². The molecule has 1 heterocycles. The maximum Gasteiger partial charge on any atom is 0.234 e. The third-order valence-electron chi connectivity index (χ3n) is 4.77. The first kappa shape index (κ1) is 15.3. The van der Waals surface area contributed by atoms with Crippen LogP contribution in [0.5, 0.6) is 0 Å². The largest absolute Gasteiger partial charge is 0.368 e. The number of nitrogens with two attached hydrogens (primary N) is 1. The van der Waals surface area contributed by atoms with Gasteiger partial charge in [-0.1, -0.05) is 32.6 Å². The van der Waals surface area contributed by atoms with E-state index in [4.69, 9.17) is 5.73 Å². The van der Waals surface area contributed by atoms with Crippen LogP contribution in [0.4, 0.5) is 0 Å². The lowest BCUT2D eigenvalue weighted by Crippen LogP contribution is -2.55. The second kappa shape index (κ2) is 7.07. The number of amides is 2. The van der Waals surface area contributed by atoms with E-state index in [0.717, 1.165) is 32.6 Å². The Bertz CT molecular complexity index is 345. The number of primary amides is 1. The summed E-state index contributed by atoms with van der Waals surface area (Å²) in [4.78, 5) is 27.5. The van der Waals surface area contributed by atoms with Gasteiger partial charge >= 0.3 is 0 Å². The standard InChI is InChI=1S/C15H27N3O2/c1-2-14(19)18-9-7-17(8-10-18)13(15(16)20)11-12-5-3-4-6-12/h12-13H,2-11H2,1H3,(H2,16,20). The van der Waals surface area contributed by atoms with Crippen molar-refractivity contribution in [2.24, 2.45) is 11.7 Å². The van der Waals surface area contributed by atoms with E-state index in [1.807, 2.05) is 11.8 Å². The zero-order valence-electron chi connectivity index (χ0n) is 12.5. The lowest BCUT2D eigenvalue weighted by atomic mass is 9.96. The van der Waals surface area contributed by atoms with E-state index < -0.39 is 0 Å². The fraction of sp³-hybridized carbons (Fsp3) is 0.867. The average molecular weight is 281 g/mol. The first-order valence-electron chi connectivity index (χ1n) is 7.93. The van der Waals surface area contributed by atoms with E-state index in [-0.39, 0.29) is 17.9 Å². The molecule has 0 aromatic heterocycles. The molecule has 2 fully saturated rings. The van der Waals surface area contributed by atoms with Gasteiger partial charge in [-0.3, -0.25) is 14.5 Å². The van der Waals surface area contributed by atoms with Gasteiger partial charge in [0.2, 0.25) is 11.8 Å². The Labute approximate surface area is 121 Å². The molecule has 1 unspecified atom stereocenters. The molecule has 0 bridgehead atoms. The number of carbonyl (C=O) groups is 2. The van der Waals surface area contributed by atoms with Crippen LogP contribution in [0.1, 0.15) is 45.4 Å². The van der Waals surface area contributed by atoms with E-state index >= 15 is 0 Å². The molecule has 0 aromatic rings. The van der Waals surface area contributed by atoms with E-state index in [9.17, 15) is 9.59 Å². The lowest BCUT2D eigenvalue weighted by molar-refractivity contribution is -0.133. The number of hydrogen-bond acceptors (Lipinski definition) is 3. The van der Waals surface area contributed by atoms with Gasteiger partial charge in [0.1, 0.15) is 0 Å². The fourth-order valence-corrected chi connectivity index (χ4v) is 3.51. The summed E-state index contributed by atoms with van der Waals surface area (Å²) in [5.41, 5.74) is 5.61. The summed E-state index contributed by atoms with van der Waals surface area (Å²) in [5.74, 6) is 0.658. The van der Waals surface area contributed by atoms with E-state index in [1.54, 1.807) is 0 Å². The van der Waals surface area contributed by atoms with Crippen molar-refractivity contribution in [3.8, 4) is 0 Å². The normalized spacial score (nSPS) is 22.9. The number of piperazine rings is 1. The highest BCUT2D eigenvalue weighted by molar-refractivity contribution is 5.80. The molecule has 1 aliphatic carbocycles. The van der Waals surface area contributed by atoms with Crippen molar-refractivity contribution in [3.05, 3.63) is 0 Å². The summed E-state index contributed by atoms with van der Waals surface area (Å²) >= 11 is 0. The van der Waals surface area contributed by atoms with Crippen LogP contribution in [0, 0.1) is 5.92 Å². The van der Waals surface area contributed by atoms with Crippen LogP contribution in [-0.4, -0.2) is 53.8 Å². The molecular formula is C15H27N3O2. The summed E-state index contributed by atoms with van der Waals surface area (Å²) in [6, 6.07) is -0.142. The van der Waals surface area contributed by atoms with Crippen molar-refractivity contribution >= 4 is 11.8 Å². The topological polar surface area (TPSA) is 66.6 Å². The van der Waals surface area contributed by atoms with Crippen LogP contribution >= 0.6 is 0 Å². The van der Waals surface area contributed by atoms with Crippen LogP contribution < -0.4 is 5.73 Å². The van der Waals surface area contributed by atoms with Crippen LogP contribution in [0.2, 0.25) is 0 Å². The van der Waals surface area contributed by atoms with Gasteiger partial charge in [-0.2, -0.15) is 0 Å². The molecule has 2 rings (SSSR count). The smallest absolute Gasteiger partial charge is 0.234 e. The van der Waals surface area contributed by atoms with Crippen molar-refractivity contribution in [2.75, 3.05) is 26.2 Å². The minimum absolute atomic E-state index is 0.142. The average Bonchev–Trinajstić information content (AvgIpc) is 2.97. The molecule has 5 heteroatoms. The zero-order chi connectivity index (χ0) is 14.5. The first-order chi connectivity index (χ1) is 9.61. The van der Waals surface area contributed by atoms with Crippen molar-refractivity contribution < 1.29 is 9.59 Å². The van der Waals surface area contributed by atoms with Gasteiger partial charge in [-0.25, -0.2) is 0 Å². The number of nitrogens with zero attached hydrogens (tertiary/aromatic N) is 2. The van der Waals surface area contributed by atoms with Gasteiger partial charge in [-0.05, 0) is 12.3 Å². The molecule has 0 aromatic carbocycles. The molecule has 2 N–H and O–H groups in total. The Kier molecular flexibility index (Phi) is 5.40. The highest BCUT2D eigenvalue weighted by Crippen LogP contribution is 2.30. The minimum atomic E-state index is -0.202.